The third-order valence-corrected chi connectivity index (χ3v) is 0.979. The van der Waals surface area contributed by atoms with E-state index in [0.717, 1.165) is 0 Å². The molecule has 0 aromatic carbocycles. The lowest BCUT2D eigenvalue weighted by Crippen LogP contribution is -1.98. The van der Waals surface area contributed by atoms with Crippen molar-refractivity contribution in [3.05, 3.63) is 24.5 Å². The second-order valence-electron chi connectivity index (χ2n) is 1.78. The van der Waals surface area contributed by atoms with Gasteiger partial charge < -0.3 is 4.74 Å². The maximum atomic E-state index is 5.08. The Labute approximate surface area is 64.9 Å². The van der Waals surface area contributed by atoms with E-state index in [0.29, 0.717) is 10.8 Å². The lowest BCUT2D eigenvalue weighted by molar-refractivity contribution is 0.558. The van der Waals surface area contributed by atoms with Crippen molar-refractivity contribution in [2.75, 3.05) is 0 Å². The molecule has 0 amide bonds. The summed E-state index contributed by atoms with van der Waals surface area (Å²) in [5.74, 6) is 0.690. The second kappa shape index (κ2) is 3.27. The van der Waals surface area contributed by atoms with Crippen molar-refractivity contribution in [1.82, 2.24) is 4.98 Å². The van der Waals surface area contributed by atoms with Crippen LogP contribution in [0, 0.1) is 0 Å². The third kappa shape index (κ3) is 2.11. The van der Waals surface area contributed by atoms with Crippen LogP contribution in [0.15, 0.2) is 24.5 Å². The number of ether oxygens (including phenoxy) is 1. The van der Waals surface area contributed by atoms with Crippen molar-refractivity contribution >= 4 is 17.3 Å². The van der Waals surface area contributed by atoms with E-state index in [2.05, 4.69) is 4.98 Å². The van der Waals surface area contributed by atoms with Crippen LogP contribution in [-0.4, -0.2) is 10.0 Å². The SMILES string of the molecule is CC(=S)Oc1cccnc1. The van der Waals surface area contributed by atoms with Crippen LogP contribution in [-0.2, 0) is 0 Å². The van der Waals surface area contributed by atoms with Gasteiger partial charge in [-0.2, -0.15) is 0 Å². The maximum Gasteiger partial charge on any atom is 0.164 e. The summed E-state index contributed by atoms with van der Waals surface area (Å²) < 4.78 is 5.08. The molecule has 0 saturated heterocycles. The van der Waals surface area contributed by atoms with E-state index in [1.807, 2.05) is 6.07 Å². The average Bonchev–Trinajstić information content (AvgIpc) is 1.88. The largest absolute Gasteiger partial charge is 0.449 e. The molecule has 0 radical (unpaired) electrons. The molecule has 0 unspecified atom stereocenters. The summed E-state index contributed by atoms with van der Waals surface area (Å²) in [4.78, 5) is 3.85. The first kappa shape index (κ1) is 7.15. The average molecular weight is 153 g/mol. The zero-order chi connectivity index (χ0) is 7.40. The first-order chi connectivity index (χ1) is 4.79. The van der Waals surface area contributed by atoms with Gasteiger partial charge in [0, 0.05) is 13.1 Å². The van der Waals surface area contributed by atoms with Crippen molar-refractivity contribution in [2.45, 2.75) is 6.92 Å². The molecule has 2 nitrogen and oxygen atoms in total. The number of nitrogens with zero attached hydrogens (tertiary/aromatic N) is 1. The predicted molar refractivity (Wildman–Crippen MR) is 43.1 cm³/mol. The Balaban J connectivity index is 2.67. The molecule has 3 heteroatoms. The molecule has 0 spiro atoms. The maximum absolute atomic E-state index is 5.08. The van der Waals surface area contributed by atoms with E-state index < -0.39 is 0 Å². The fraction of sp³-hybridized carbons (Fsp3) is 0.143. The standard InChI is InChI=1S/C7H7NOS/c1-6(10)9-7-3-2-4-8-5-7/h2-5H,1H3. The van der Waals surface area contributed by atoms with Gasteiger partial charge in [0.25, 0.3) is 0 Å². The first-order valence-electron chi connectivity index (χ1n) is 2.87. The van der Waals surface area contributed by atoms with Gasteiger partial charge in [-0.3, -0.25) is 4.98 Å². The Kier molecular flexibility index (Phi) is 2.34. The van der Waals surface area contributed by atoms with E-state index in [1.165, 1.54) is 0 Å². The van der Waals surface area contributed by atoms with E-state index in [-0.39, 0.29) is 0 Å². The van der Waals surface area contributed by atoms with E-state index in [1.54, 1.807) is 25.4 Å². The summed E-state index contributed by atoms with van der Waals surface area (Å²) >= 11 is 4.73. The molecule has 0 aliphatic carbocycles. The molecule has 1 aromatic rings. The molecular weight excluding hydrogens is 146 g/mol. The van der Waals surface area contributed by atoms with Gasteiger partial charge in [0.05, 0.1) is 6.20 Å². The quantitative estimate of drug-likeness (QED) is 0.574. The summed E-state index contributed by atoms with van der Waals surface area (Å²) in [6, 6.07) is 3.61. The minimum absolute atomic E-state index is 0.507. The highest BCUT2D eigenvalue weighted by atomic mass is 32.1. The molecule has 1 heterocycles. The first-order valence-corrected chi connectivity index (χ1v) is 3.28. The molecule has 0 bridgehead atoms. The van der Waals surface area contributed by atoms with Crippen molar-refractivity contribution in [3.8, 4) is 5.75 Å². The summed E-state index contributed by atoms with van der Waals surface area (Å²) in [6.07, 6.45) is 3.31. The second-order valence-corrected chi connectivity index (χ2v) is 2.36. The van der Waals surface area contributed by atoms with E-state index in [4.69, 9.17) is 17.0 Å². The van der Waals surface area contributed by atoms with Crippen molar-refractivity contribution in [1.29, 1.82) is 0 Å². The van der Waals surface area contributed by atoms with Crippen molar-refractivity contribution in [2.24, 2.45) is 0 Å². The normalized spacial score (nSPS) is 8.90. The van der Waals surface area contributed by atoms with Gasteiger partial charge >= 0.3 is 0 Å². The number of rotatable bonds is 1. The van der Waals surface area contributed by atoms with Gasteiger partial charge in [-0.25, -0.2) is 0 Å². The van der Waals surface area contributed by atoms with Crippen molar-refractivity contribution in [3.63, 3.8) is 0 Å². The highest BCUT2D eigenvalue weighted by Crippen LogP contribution is 2.05. The smallest absolute Gasteiger partial charge is 0.164 e. The summed E-state index contributed by atoms with van der Waals surface area (Å²) in [5, 5.41) is 0.507. The summed E-state index contributed by atoms with van der Waals surface area (Å²) in [5.41, 5.74) is 0. The molecule has 0 aliphatic heterocycles. The van der Waals surface area contributed by atoms with Crippen LogP contribution >= 0.6 is 12.2 Å². The number of hydrogen-bond donors (Lipinski definition) is 0. The van der Waals surface area contributed by atoms with Crippen LogP contribution in [0.3, 0.4) is 0 Å². The molecular formula is C7H7NOS. The number of thiocarbonyl (C=S) groups is 1. The van der Waals surface area contributed by atoms with Crippen LogP contribution < -0.4 is 4.74 Å². The van der Waals surface area contributed by atoms with Crippen LogP contribution in [0.1, 0.15) is 6.92 Å². The van der Waals surface area contributed by atoms with Crippen LogP contribution in [0.5, 0.6) is 5.75 Å². The van der Waals surface area contributed by atoms with Crippen LogP contribution in [0.4, 0.5) is 0 Å². The van der Waals surface area contributed by atoms with Crippen LogP contribution in [0.25, 0.3) is 0 Å². The molecule has 1 rings (SSSR count). The van der Waals surface area contributed by atoms with Gasteiger partial charge in [0.15, 0.2) is 5.05 Å². The fourth-order valence-electron chi connectivity index (χ4n) is 0.573. The molecule has 52 valence electrons. The number of hydrogen-bond acceptors (Lipinski definition) is 3. The van der Waals surface area contributed by atoms with Gasteiger partial charge in [0.1, 0.15) is 5.75 Å². The molecule has 0 fully saturated rings. The highest BCUT2D eigenvalue weighted by Gasteiger charge is 1.90. The Morgan fingerprint density at radius 1 is 1.70 bits per heavy atom. The zero-order valence-corrected chi connectivity index (χ0v) is 6.39. The fourth-order valence-corrected chi connectivity index (χ4v) is 0.670. The zero-order valence-electron chi connectivity index (χ0n) is 5.57. The van der Waals surface area contributed by atoms with Gasteiger partial charge in [-0.1, -0.05) is 0 Å². The summed E-state index contributed by atoms with van der Waals surface area (Å²) in [6.45, 7) is 1.72. The number of pyridine rings is 1. The predicted octanol–water partition coefficient (Wildman–Crippen LogP) is 1.81. The third-order valence-electron chi connectivity index (χ3n) is 0.896. The molecule has 0 atom stereocenters. The summed E-state index contributed by atoms with van der Waals surface area (Å²) in [7, 11) is 0. The minimum atomic E-state index is 0.507. The van der Waals surface area contributed by atoms with Gasteiger partial charge in [-0.05, 0) is 24.4 Å². The number of aromatic nitrogens is 1. The highest BCUT2D eigenvalue weighted by molar-refractivity contribution is 7.80. The van der Waals surface area contributed by atoms with Gasteiger partial charge in [0.2, 0.25) is 0 Å². The lowest BCUT2D eigenvalue weighted by Gasteiger charge is -1.99. The Morgan fingerprint density at radius 2 is 2.50 bits per heavy atom. The molecule has 10 heavy (non-hydrogen) atoms. The van der Waals surface area contributed by atoms with E-state index >= 15 is 0 Å². The molecule has 0 saturated carbocycles. The Hall–Kier alpha value is -0.960. The molecule has 0 aliphatic rings. The minimum Gasteiger partial charge on any atom is -0.449 e. The Bertz CT molecular complexity index is 222. The van der Waals surface area contributed by atoms with Crippen LogP contribution in [0.2, 0.25) is 0 Å². The Morgan fingerprint density at radius 3 is 3.00 bits per heavy atom. The van der Waals surface area contributed by atoms with Gasteiger partial charge in [-0.15, -0.1) is 0 Å². The topological polar surface area (TPSA) is 22.1 Å². The van der Waals surface area contributed by atoms with Crippen molar-refractivity contribution < 1.29 is 4.74 Å². The van der Waals surface area contributed by atoms with E-state index in [9.17, 15) is 0 Å². The molecule has 1 aromatic heterocycles. The molecule has 0 N–H and O–H groups in total. The monoisotopic (exact) mass is 153 g/mol. The lowest BCUT2D eigenvalue weighted by atomic mass is 10.5.